The molecule has 0 bridgehead atoms. The van der Waals surface area contributed by atoms with Crippen LogP contribution in [0.15, 0.2) is 0 Å². The highest BCUT2D eigenvalue weighted by Gasteiger charge is 2.34. The minimum absolute atomic E-state index is 0.174. The Bertz CT molecular complexity index is 457. The maximum atomic E-state index is 12.3. The molecule has 6 nitrogen and oxygen atoms in total. The molecule has 112 valence electrons. The van der Waals surface area contributed by atoms with Crippen molar-refractivity contribution in [3.8, 4) is 0 Å². The number of aromatic nitrogens is 2. The first-order chi connectivity index (χ1) is 9.54. The molecular weight excluding hydrogens is 276 g/mol. The molecule has 1 aliphatic rings. The zero-order valence-electron chi connectivity index (χ0n) is 12.1. The van der Waals surface area contributed by atoms with Gasteiger partial charge < -0.3 is 15.3 Å². The number of nitrogens with one attached hydrogen (secondary N) is 1. The van der Waals surface area contributed by atoms with Crippen molar-refractivity contribution >= 4 is 22.4 Å². The lowest BCUT2D eigenvalue weighted by atomic mass is 10.0. The molecule has 0 spiro atoms. The van der Waals surface area contributed by atoms with E-state index in [0.717, 1.165) is 38.6 Å². The highest BCUT2D eigenvalue weighted by atomic mass is 32.1. The van der Waals surface area contributed by atoms with Gasteiger partial charge >= 0.3 is 0 Å². The van der Waals surface area contributed by atoms with Crippen LogP contribution < -0.4 is 5.32 Å². The molecule has 1 aromatic rings. The lowest BCUT2D eigenvalue weighted by Gasteiger charge is -2.27. The van der Waals surface area contributed by atoms with Gasteiger partial charge in [-0.05, 0) is 19.3 Å². The summed E-state index contributed by atoms with van der Waals surface area (Å²) >= 11 is 1.26. The van der Waals surface area contributed by atoms with Gasteiger partial charge in [0.25, 0.3) is 5.91 Å². The van der Waals surface area contributed by atoms with Crippen molar-refractivity contribution in [3.05, 3.63) is 5.01 Å². The second kappa shape index (κ2) is 6.49. The molecule has 0 aliphatic heterocycles. The molecule has 0 saturated heterocycles. The summed E-state index contributed by atoms with van der Waals surface area (Å²) in [7, 11) is 1.71. The van der Waals surface area contributed by atoms with Gasteiger partial charge in [0.05, 0.1) is 5.60 Å². The van der Waals surface area contributed by atoms with Gasteiger partial charge in [0.2, 0.25) is 10.1 Å². The highest BCUT2D eigenvalue weighted by molar-refractivity contribution is 7.17. The Balaban J connectivity index is 1.94. The Morgan fingerprint density at radius 2 is 2.15 bits per heavy atom. The fourth-order valence-electron chi connectivity index (χ4n) is 2.48. The first-order valence-electron chi connectivity index (χ1n) is 7.09. The number of amides is 1. The zero-order chi connectivity index (χ0) is 14.6. The molecule has 2 N–H and O–H groups in total. The average Bonchev–Trinajstić information content (AvgIpc) is 3.04. The van der Waals surface area contributed by atoms with E-state index in [2.05, 4.69) is 22.4 Å². The van der Waals surface area contributed by atoms with Gasteiger partial charge in [-0.1, -0.05) is 31.1 Å². The van der Waals surface area contributed by atoms with E-state index in [1.54, 1.807) is 11.9 Å². The SMILES string of the molecule is CCCNc1nnc(C(=O)N(C)CC2(O)CCCC2)s1. The zero-order valence-corrected chi connectivity index (χ0v) is 12.9. The Labute approximate surface area is 123 Å². The monoisotopic (exact) mass is 298 g/mol. The summed E-state index contributed by atoms with van der Waals surface area (Å²) in [5.41, 5.74) is -0.724. The summed E-state index contributed by atoms with van der Waals surface area (Å²) in [6.45, 7) is 3.25. The molecule has 0 radical (unpaired) electrons. The second-order valence-electron chi connectivity index (χ2n) is 5.43. The van der Waals surface area contributed by atoms with Gasteiger partial charge in [0.1, 0.15) is 0 Å². The molecule has 1 amide bonds. The van der Waals surface area contributed by atoms with Crippen molar-refractivity contribution in [2.45, 2.75) is 44.6 Å². The summed E-state index contributed by atoms with van der Waals surface area (Å²) in [5, 5.41) is 22.4. The van der Waals surface area contributed by atoms with Gasteiger partial charge in [0.15, 0.2) is 0 Å². The first kappa shape index (κ1) is 15.2. The Morgan fingerprint density at radius 3 is 2.80 bits per heavy atom. The van der Waals surface area contributed by atoms with E-state index in [0.29, 0.717) is 16.7 Å². The minimum Gasteiger partial charge on any atom is -0.388 e. The van der Waals surface area contributed by atoms with Crippen LogP contribution in [-0.4, -0.2) is 51.8 Å². The Kier molecular flexibility index (Phi) is 4.93. The van der Waals surface area contributed by atoms with E-state index < -0.39 is 5.60 Å². The summed E-state index contributed by atoms with van der Waals surface area (Å²) in [4.78, 5) is 13.8. The summed E-state index contributed by atoms with van der Waals surface area (Å²) in [6, 6.07) is 0. The number of anilines is 1. The van der Waals surface area contributed by atoms with E-state index in [-0.39, 0.29) is 5.91 Å². The van der Waals surface area contributed by atoms with E-state index in [1.165, 1.54) is 11.3 Å². The van der Waals surface area contributed by atoms with Crippen molar-refractivity contribution in [2.24, 2.45) is 0 Å². The minimum atomic E-state index is -0.724. The Morgan fingerprint density at radius 1 is 1.45 bits per heavy atom. The van der Waals surface area contributed by atoms with E-state index >= 15 is 0 Å². The normalized spacial score (nSPS) is 17.1. The van der Waals surface area contributed by atoms with Crippen molar-refractivity contribution in [1.82, 2.24) is 15.1 Å². The number of likely N-dealkylation sites (N-methyl/N-ethyl adjacent to an activating group) is 1. The number of hydrogen-bond acceptors (Lipinski definition) is 6. The van der Waals surface area contributed by atoms with Gasteiger partial charge in [-0.2, -0.15) is 0 Å². The molecule has 0 atom stereocenters. The van der Waals surface area contributed by atoms with Crippen molar-refractivity contribution in [1.29, 1.82) is 0 Å². The predicted octanol–water partition coefficient (Wildman–Crippen LogP) is 1.74. The number of carbonyl (C=O) groups excluding carboxylic acids is 1. The number of carbonyl (C=O) groups is 1. The van der Waals surface area contributed by atoms with Crippen molar-refractivity contribution < 1.29 is 9.90 Å². The fourth-order valence-corrected chi connectivity index (χ4v) is 3.24. The molecule has 1 heterocycles. The van der Waals surface area contributed by atoms with Crippen LogP contribution in [-0.2, 0) is 0 Å². The van der Waals surface area contributed by atoms with Crippen LogP contribution in [0.5, 0.6) is 0 Å². The van der Waals surface area contributed by atoms with E-state index in [4.69, 9.17) is 0 Å². The molecule has 1 aromatic heterocycles. The average molecular weight is 298 g/mol. The van der Waals surface area contributed by atoms with Gasteiger partial charge in [-0.25, -0.2) is 0 Å². The van der Waals surface area contributed by atoms with Crippen LogP contribution in [0.25, 0.3) is 0 Å². The molecule has 1 fully saturated rings. The molecule has 1 saturated carbocycles. The lowest BCUT2D eigenvalue weighted by molar-refractivity contribution is 0.0156. The third-order valence-corrected chi connectivity index (χ3v) is 4.42. The quantitative estimate of drug-likeness (QED) is 0.836. The number of aliphatic hydroxyl groups is 1. The smallest absolute Gasteiger partial charge is 0.284 e. The third-order valence-electron chi connectivity index (χ3n) is 3.55. The summed E-state index contributed by atoms with van der Waals surface area (Å²) in [6.07, 6.45) is 4.59. The number of rotatable bonds is 6. The van der Waals surface area contributed by atoms with E-state index in [9.17, 15) is 9.90 Å². The third kappa shape index (κ3) is 3.67. The van der Waals surface area contributed by atoms with Crippen molar-refractivity contribution in [2.75, 3.05) is 25.5 Å². The number of nitrogens with zero attached hydrogens (tertiary/aromatic N) is 3. The van der Waals surface area contributed by atoms with Crippen LogP contribution in [0.4, 0.5) is 5.13 Å². The molecule has 0 aromatic carbocycles. The highest BCUT2D eigenvalue weighted by Crippen LogP contribution is 2.30. The largest absolute Gasteiger partial charge is 0.388 e. The molecule has 2 rings (SSSR count). The maximum absolute atomic E-state index is 12.3. The molecule has 7 heteroatoms. The van der Waals surface area contributed by atoms with Gasteiger partial charge in [-0.3, -0.25) is 4.79 Å². The summed E-state index contributed by atoms with van der Waals surface area (Å²) in [5.74, 6) is -0.174. The summed E-state index contributed by atoms with van der Waals surface area (Å²) < 4.78 is 0. The van der Waals surface area contributed by atoms with Crippen molar-refractivity contribution in [3.63, 3.8) is 0 Å². The fraction of sp³-hybridized carbons (Fsp3) is 0.769. The van der Waals surface area contributed by atoms with Gasteiger partial charge in [0, 0.05) is 20.1 Å². The lowest BCUT2D eigenvalue weighted by Crippen LogP contribution is -2.42. The molecule has 0 unspecified atom stereocenters. The number of hydrogen-bond donors (Lipinski definition) is 2. The molecule has 1 aliphatic carbocycles. The maximum Gasteiger partial charge on any atom is 0.284 e. The Hall–Kier alpha value is -1.21. The second-order valence-corrected chi connectivity index (χ2v) is 6.41. The van der Waals surface area contributed by atoms with E-state index in [1.807, 2.05) is 0 Å². The van der Waals surface area contributed by atoms with Crippen LogP contribution in [0, 0.1) is 0 Å². The van der Waals surface area contributed by atoms with Crippen LogP contribution in [0.2, 0.25) is 0 Å². The predicted molar refractivity (Wildman–Crippen MR) is 79.1 cm³/mol. The standard InChI is InChI=1S/C13H22N4O2S/c1-3-8-14-12-16-15-10(20-12)11(18)17(2)9-13(19)6-4-5-7-13/h19H,3-9H2,1-2H3,(H,14,16). The van der Waals surface area contributed by atoms with Gasteiger partial charge in [-0.15, -0.1) is 10.2 Å². The van der Waals surface area contributed by atoms with Crippen LogP contribution in [0.1, 0.15) is 48.8 Å². The molecule has 20 heavy (non-hydrogen) atoms. The topological polar surface area (TPSA) is 78.4 Å². The van der Waals surface area contributed by atoms with Crippen LogP contribution in [0.3, 0.4) is 0 Å². The van der Waals surface area contributed by atoms with Crippen LogP contribution >= 0.6 is 11.3 Å². The molecular formula is C13H22N4O2S. The first-order valence-corrected chi connectivity index (χ1v) is 7.91.